The highest BCUT2D eigenvalue weighted by Crippen LogP contribution is 2.21. The predicted molar refractivity (Wildman–Crippen MR) is 114 cm³/mol. The predicted octanol–water partition coefficient (Wildman–Crippen LogP) is 6.21. The molecule has 0 atom stereocenters. The Morgan fingerprint density at radius 2 is 1.48 bits per heavy atom. The molecule has 0 aliphatic carbocycles. The summed E-state index contributed by atoms with van der Waals surface area (Å²) in [4.78, 5) is 13.0. The van der Waals surface area contributed by atoms with Crippen LogP contribution in [-0.4, -0.2) is 5.91 Å². The van der Waals surface area contributed by atoms with E-state index < -0.39 is 0 Å². The normalized spacial score (nSPS) is 11.2. The molecule has 0 heterocycles. The molecule has 3 aromatic carbocycles. The number of nitrogens with one attached hydrogen (secondary N) is 1. The van der Waals surface area contributed by atoms with E-state index in [1.807, 2.05) is 78.9 Å². The van der Waals surface area contributed by atoms with E-state index in [2.05, 4.69) is 24.4 Å². The van der Waals surface area contributed by atoms with E-state index in [0.29, 0.717) is 5.57 Å². The molecule has 2 heteroatoms. The molecule has 3 aromatic rings. The van der Waals surface area contributed by atoms with Crippen LogP contribution < -0.4 is 5.32 Å². The maximum Gasteiger partial charge on any atom is 0.256 e. The fourth-order valence-electron chi connectivity index (χ4n) is 2.95. The summed E-state index contributed by atoms with van der Waals surface area (Å²) in [5, 5.41) is 3.04. The topological polar surface area (TPSA) is 29.1 Å². The molecule has 1 N–H and O–H groups in total. The first kappa shape index (κ1) is 18.7. The van der Waals surface area contributed by atoms with Crippen LogP contribution >= 0.6 is 0 Å². The standard InChI is InChI=1S/C25H25NO/c1-2-3-10-20-15-17-23(18-16-20)26-25(27)24(22-13-8-5-9-14-22)19-21-11-6-4-7-12-21/h4-9,11-19H,2-3,10H2,1H3,(H,26,27)/b24-19+. The molecule has 2 nitrogen and oxygen atoms in total. The Morgan fingerprint density at radius 1 is 0.852 bits per heavy atom. The highest BCUT2D eigenvalue weighted by atomic mass is 16.1. The molecular weight excluding hydrogens is 330 g/mol. The fourth-order valence-corrected chi connectivity index (χ4v) is 2.95. The molecule has 0 saturated carbocycles. The highest BCUT2D eigenvalue weighted by molar-refractivity contribution is 6.29. The number of rotatable bonds is 7. The maximum atomic E-state index is 13.0. The van der Waals surface area contributed by atoms with Crippen LogP contribution in [-0.2, 0) is 11.2 Å². The van der Waals surface area contributed by atoms with E-state index in [1.165, 1.54) is 18.4 Å². The van der Waals surface area contributed by atoms with Gasteiger partial charge < -0.3 is 5.32 Å². The third-order valence-corrected chi connectivity index (χ3v) is 4.47. The van der Waals surface area contributed by atoms with E-state index in [4.69, 9.17) is 0 Å². The maximum absolute atomic E-state index is 13.0. The van der Waals surface area contributed by atoms with E-state index in [0.717, 1.165) is 23.2 Å². The second-order valence-corrected chi connectivity index (χ2v) is 6.59. The number of hydrogen-bond donors (Lipinski definition) is 1. The molecule has 0 bridgehead atoms. The summed E-state index contributed by atoms with van der Waals surface area (Å²) in [6.45, 7) is 2.19. The van der Waals surface area contributed by atoms with Crippen molar-refractivity contribution in [3.05, 3.63) is 102 Å². The number of anilines is 1. The number of amides is 1. The van der Waals surface area contributed by atoms with Gasteiger partial charge in [0.25, 0.3) is 5.91 Å². The fraction of sp³-hybridized carbons (Fsp3) is 0.160. The minimum Gasteiger partial charge on any atom is -0.322 e. The molecule has 0 saturated heterocycles. The lowest BCUT2D eigenvalue weighted by Gasteiger charge is -2.10. The Hall–Kier alpha value is -3.13. The molecule has 3 rings (SSSR count). The number of carbonyl (C=O) groups excluding carboxylic acids is 1. The van der Waals surface area contributed by atoms with Gasteiger partial charge in [-0.1, -0.05) is 86.1 Å². The summed E-state index contributed by atoms with van der Waals surface area (Å²) < 4.78 is 0. The van der Waals surface area contributed by atoms with Gasteiger partial charge in [0.1, 0.15) is 0 Å². The van der Waals surface area contributed by atoms with Gasteiger partial charge in [0, 0.05) is 11.3 Å². The quantitative estimate of drug-likeness (QED) is 0.396. The van der Waals surface area contributed by atoms with Crippen LogP contribution in [0.25, 0.3) is 11.6 Å². The van der Waals surface area contributed by atoms with Gasteiger partial charge in [-0.15, -0.1) is 0 Å². The van der Waals surface area contributed by atoms with Gasteiger partial charge in [0.05, 0.1) is 0 Å². The lowest BCUT2D eigenvalue weighted by Crippen LogP contribution is -2.13. The van der Waals surface area contributed by atoms with Crippen molar-refractivity contribution in [2.24, 2.45) is 0 Å². The second kappa shape index (κ2) is 9.54. The molecular formula is C25H25NO. The Kier molecular flexibility index (Phi) is 6.59. The van der Waals surface area contributed by atoms with Crippen LogP contribution in [0.15, 0.2) is 84.9 Å². The highest BCUT2D eigenvalue weighted by Gasteiger charge is 2.12. The molecule has 136 valence electrons. The summed E-state index contributed by atoms with van der Waals surface area (Å²) in [7, 11) is 0. The summed E-state index contributed by atoms with van der Waals surface area (Å²) >= 11 is 0. The summed E-state index contributed by atoms with van der Waals surface area (Å²) in [5.74, 6) is -0.105. The SMILES string of the molecule is CCCCc1ccc(NC(=O)/C(=C/c2ccccc2)c2ccccc2)cc1. The Bertz CT molecular complexity index is 881. The summed E-state index contributed by atoms with van der Waals surface area (Å²) in [6, 6.07) is 27.8. The average Bonchev–Trinajstić information content (AvgIpc) is 2.73. The molecule has 0 aliphatic rings. The van der Waals surface area contributed by atoms with Crippen molar-refractivity contribution < 1.29 is 4.79 Å². The van der Waals surface area contributed by atoms with E-state index in [9.17, 15) is 4.79 Å². The lowest BCUT2D eigenvalue weighted by molar-refractivity contribution is -0.111. The number of benzene rings is 3. The minimum atomic E-state index is -0.105. The second-order valence-electron chi connectivity index (χ2n) is 6.59. The van der Waals surface area contributed by atoms with Crippen LogP contribution in [0.1, 0.15) is 36.5 Å². The number of unbranched alkanes of at least 4 members (excludes halogenated alkanes) is 1. The van der Waals surface area contributed by atoms with Gasteiger partial charge in [0.15, 0.2) is 0 Å². The lowest BCUT2D eigenvalue weighted by atomic mass is 10.0. The zero-order valence-corrected chi connectivity index (χ0v) is 15.7. The number of carbonyl (C=O) groups is 1. The van der Waals surface area contributed by atoms with Crippen LogP contribution in [0.3, 0.4) is 0 Å². The number of aryl methyl sites for hydroxylation is 1. The third kappa shape index (κ3) is 5.42. The molecule has 0 fully saturated rings. The van der Waals surface area contributed by atoms with Crippen LogP contribution in [0.4, 0.5) is 5.69 Å². The van der Waals surface area contributed by atoms with Crippen molar-refractivity contribution in [3.8, 4) is 0 Å². The monoisotopic (exact) mass is 355 g/mol. The summed E-state index contributed by atoms with van der Waals surface area (Å²) in [5.41, 5.74) is 4.67. The van der Waals surface area contributed by atoms with Gasteiger partial charge >= 0.3 is 0 Å². The Balaban J connectivity index is 1.82. The molecule has 0 unspecified atom stereocenters. The minimum absolute atomic E-state index is 0.105. The molecule has 0 radical (unpaired) electrons. The van der Waals surface area contributed by atoms with Gasteiger partial charge in [-0.05, 0) is 47.7 Å². The van der Waals surface area contributed by atoms with Gasteiger partial charge in [0.2, 0.25) is 0 Å². The van der Waals surface area contributed by atoms with Crippen molar-refractivity contribution in [1.29, 1.82) is 0 Å². The van der Waals surface area contributed by atoms with Crippen LogP contribution in [0.5, 0.6) is 0 Å². The average molecular weight is 355 g/mol. The van der Waals surface area contributed by atoms with Crippen LogP contribution in [0, 0.1) is 0 Å². The van der Waals surface area contributed by atoms with Crippen molar-refractivity contribution in [1.82, 2.24) is 0 Å². The first-order valence-corrected chi connectivity index (χ1v) is 9.48. The van der Waals surface area contributed by atoms with Gasteiger partial charge in [-0.25, -0.2) is 0 Å². The molecule has 0 spiro atoms. The first-order chi connectivity index (χ1) is 13.3. The molecule has 27 heavy (non-hydrogen) atoms. The number of hydrogen-bond acceptors (Lipinski definition) is 1. The molecule has 0 aliphatic heterocycles. The zero-order chi connectivity index (χ0) is 18.9. The molecule has 1 amide bonds. The van der Waals surface area contributed by atoms with Crippen molar-refractivity contribution in [2.45, 2.75) is 26.2 Å². The van der Waals surface area contributed by atoms with Crippen molar-refractivity contribution in [2.75, 3.05) is 5.32 Å². The van der Waals surface area contributed by atoms with E-state index in [1.54, 1.807) is 0 Å². The Morgan fingerprint density at radius 3 is 2.11 bits per heavy atom. The van der Waals surface area contributed by atoms with E-state index in [-0.39, 0.29) is 5.91 Å². The van der Waals surface area contributed by atoms with Crippen molar-refractivity contribution >= 4 is 23.2 Å². The van der Waals surface area contributed by atoms with Gasteiger partial charge in [-0.2, -0.15) is 0 Å². The van der Waals surface area contributed by atoms with Gasteiger partial charge in [-0.3, -0.25) is 4.79 Å². The summed E-state index contributed by atoms with van der Waals surface area (Å²) in [6.07, 6.45) is 5.38. The zero-order valence-electron chi connectivity index (χ0n) is 15.7. The third-order valence-electron chi connectivity index (χ3n) is 4.47. The largest absolute Gasteiger partial charge is 0.322 e. The van der Waals surface area contributed by atoms with Crippen LogP contribution in [0.2, 0.25) is 0 Å². The smallest absolute Gasteiger partial charge is 0.256 e. The van der Waals surface area contributed by atoms with E-state index >= 15 is 0 Å². The Labute approximate surface area is 161 Å². The molecule has 0 aromatic heterocycles. The van der Waals surface area contributed by atoms with Crippen molar-refractivity contribution in [3.63, 3.8) is 0 Å². The first-order valence-electron chi connectivity index (χ1n) is 9.48.